The molecule has 0 bridgehead atoms. The smallest absolute Gasteiger partial charge is 0.319 e. The molecule has 2 heterocycles. The lowest BCUT2D eigenvalue weighted by molar-refractivity contribution is 0.0996. The van der Waals surface area contributed by atoms with E-state index < -0.39 is 5.91 Å². The number of piperazine rings is 1. The number of hydrogen-bond acceptors (Lipinski definition) is 7. The highest BCUT2D eigenvalue weighted by Crippen LogP contribution is 2.31. The van der Waals surface area contributed by atoms with Gasteiger partial charge in [-0.25, -0.2) is 4.79 Å². The van der Waals surface area contributed by atoms with Crippen molar-refractivity contribution in [1.82, 2.24) is 19.5 Å². The van der Waals surface area contributed by atoms with Crippen molar-refractivity contribution in [3.8, 4) is 5.88 Å². The van der Waals surface area contributed by atoms with Gasteiger partial charge in [0, 0.05) is 32.7 Å². The number of anilines is 1. The van der Waals surface area contributed by atoms with E-state index in [9.17, 15) is 9.59 Å². The van der Waals surface area contributed by atoms with E-state index in [1.165, 1.54) is 5.56 Å². The van der Waals surface area contributed by atoms with E-state index in [-0.39, 0.29) is 29.1 Å². The second kappa shape index (κ2) is 12.7. The maximum absolute atomic E-state index is 12.3. The third-order valence-corrected chi connectivity index (χ3v) is 6.78. The average Bonchev–Trinajstić information content (AvgIpc) is 3.19. The molecule has 0 saturated carbocycles. The third-order valence-electron chi connectivity index (χ3n) is 6.03. The number of primary amides is 1. The molecule has 1 saturated heterocycles. The lowest BCUT2D eigenvalue weighted by Crippen LogP contribution is -2.44. The summed E-state index contributed by atoms with van der Waals surface area (Å²) < 4.78 is 9.96. The highest BCUT2D eigenvalue weighted by Gasteiger charge is 2.22. The van der Waals surface area contributed by atoms with E-state index in [0.29, 0.717) is 6.54 Å². The average molecular weight is 489 g/mol. The monoisotopic (exact) mass is 488 g/mol. The summed E-state index contributed by atoms with van der Waals surface area (Å²) in [5.74, 6) is -0.555. The van der Waals surface area contributed by atoms with Crippen LogP contribution in [0.5, 0.6) is 5.88 Å². The Morgan fingerprint density at radius 2 is 1.91 bits per heavy atom. The summed E-state index contributed by atoms with van der Waals surface area (Å²) in [5, 5.41) is 5.81. The van der Waals surface area contributed by atoms with Crippen LogP contribution >= 0.6 is 11.5 Å². The largest absolute Gasteiger partial charge is 0.472 e. The predicted octanol–water partition coefficient (Wildman–Crippen LogP) is 2.98. The minimum atomic E-state index is -0.691. The SMILES string of the molecule is Cc1ccc(COc2nsc(NC(=O)NCCCCCN3CCN(C)CC3)c2C(N)=O)c(C)c1. The van der Waals surface area contributed by atoms with Crippen molar-refractivity contribution in [2.24, 2.45) is 5.73 Å². The fourth-order valence-electron chi connectivity index (χ4n) is 3.89. The fraction of sp³-hybridized carbons (Fsp3) is 0.542. The van der Waals surface area contributed by atoms with Gasteiger partial charge in [-0.2, -0.15) is 4.37 Å². The van der Waals surface area contributed by atoms with E-state index in [4.69, 9.17) is 10.5 Å². The van der Waals surface area contributed by atoms with Crippen LogP contribution in [0.4, 0.5) is 9.80 Å². The first-order valence-electron chi connectivity index (χ1n) is 11.8. The summed E-state index contributed by atoms with van der Waals surface area (Å²) in [6, 6.07) is 5.68. The van der Waals surface area contributed by atoms with Gasteiger partial charge < -0.3 is 25.6 Å². The number of aromatic nitrogens is 1. The van der Waals surface area contributed by atoms with Crippen molar-refractivity contribution in [3.05, 3.63) is 40.5 Å². The minimum absolute atomic E-state index is 0.0945. The van der Waals surface area contributed by atoms with Crippen LogP contribution in [-0.4, -0.2) is 72.4 Å². The molecule has 34 heavy (non-hydrogen) atoms. The summed E-state index contributed by atoms with van der Waals surface area (Å²) in [6.45, 7) is 10.5. The Labute approximate surface area is 205 Å². The topological polar surface area (TPSA) is 113 Å². The molecule has 3 rings (SSSR count). The lowest BCUT2D eigenvalue weighted by Gasteiger charge is -2.32. The van der Waals surface area contributed by atoms with Gasteiger partial charge in [-0.15, -0.1) is 0 Å². The summed E-state index contributed by atoms with van der Waals surface area (Å²) >= 11 is 0.981. The van der Waals surface area contributed by atoms with Gasteiger partial charge in [-0.3, -0.25) is 10.1 Å². The number of nitrogens with two attached hydrogens (primary N) is 1. The van der Waals surface area contributed by atoms with Crippen LogP contribution in [0.2, 0.25) is 0 Å². The van der Waals surface area contributed by atoms with E-state index >= 15 is 0 Å². The number of nitrogens with one attached hydrogen (secondary N) is 2. The van der Waals surface area contributed by atoms with Crippen molar-refractivity contribution in [2.75, 3.05) is 51.6 Å². The number of carbonyl (C=O) groups excluding carboxylic acids is 2. The Kier molecular flexibility index (Phi) is 9.67. The number of carbonyl (C=O) groups is 2. The molecule has 4 N–H and O–H groups in total. The lowest BCUT2D eigenvalue weighted by atomic mass is 10.1. The van der Waals surface area contributed by atoms with E-state index in [2.05, 4.69) is 37.9 Å². The van der Waals surface area contributed by atoms with Crippen molar-refractivity contribution in [1.29, 1.82) is 0 Å². The predicted molar refractivity (Wildman–Crippen MR) is 136 cm³/mol. The number of aryl methyl sites for hydroxylation is 2. The molecule has 1 aliphatic rings. The molecule has 0 atom stereocenters. The summed E-state index contributed by atoms with van der Waals surface area (Å²) in [6.07, 6.45) is 3.07. The van der Waals surface area contributed by atoms with E-state index in [1.54, 1.807) is 0 Å². The maximum Gasteiger partial charge on any atom is 0.319 e. The number of benzene rings is 1. The second-order valence-corrected chi connectivity index (χ2v) is 9.63. The number of hydrogen-bond donors (Lipinski definition) is 3. The Hall–Kier alpha value is -2.69. The third kappa shape index (κ3) is 7.68. The van der Waals surface area contributed by atoms with Crippen molar-refractivity contribution in [2.45, 2.75) is 39.7 Å². The number of urea groups is 1. The molecular formula is C24H36N6O3S. The second-order valence-electron chi connectivity index (χ2n) is 8.86. The molecule has 186 valence electrons. The molecule has 0 spiro atoms. The number of nitrogens with zero attached hydrogens (tertiary/aromatic N) is 3. The van der Waals surface area contributed by atoms with E-state index in [1.807, 2.05) is 26.0 Å². The first-order chi connectivity index (χ1) is 16.3. The molecule has 0 aliphatic carbocycles. The molecule has 0 unspecified atom stereocenters. The van der Waals surface area contributed by atoms with Gasteiger partial charge in [0.25, 0.3) is 5.91 Å². The first-order valence-corrected chi connectivity index (χ1v) is 12.5. The van der Waals surface area contributed by atoms with Crippen LogP contribution in [0, 0.1) is 13.8 Å². The van der Waals surface area contributed by atoms with Crippen molar-refractivity contribution in [3.63, 3.8) is 0 Å². The first kappa shape index (κ1) is 25.9. The summed E-state index contributed by atoms with van der Waals surface area (Å²) in [4.78, 5) is 29.2. The van der Waals surface area contributed by atoms with Crippen LogP contribution in [0.25, 0.3) is 0 Å². The van der Waals surface area contributed by atoms with Crippen molar-refractivity contribution < 1.29 is 14.3 Å². The van der Waals surface area contributed by atoms with Crippen molar-refractivity contribution >= 4 is 28.5 Å². The zero-order valence-corrected chi connectivity index (χ0v) is 21.2. The normalized spacial score (nSPS) is 14.7. The van der Waals surface area contributed by atoms with Gasteiger partial charge in [0.1, 0.15) is 17.2 Å². The number of ether oxygens (including phenoxy) is 1. The van der Waals surface area contributed by atoms with Gasteiger partial charge in [-0.05, 0) is 62.9 Å². The minimum Gasteiger partial charge on any atom is -0.472 e. The molecule has 2 aromatic rings. The molecule has 0 radical (unpaired) electrons. The Balaban J connectivity index is 1.41. The molecule has 1 aromatic carbocycles. The van der Waals surface area contributed by atoms with Gasteiger partial charge >= 0.3 is 6.03 Å². The molecular weight excluding hydrogens is 452 g/mol. The highest BCUT2D eigenvalue weighted by molar-refractivity contribution is 7.11. The summed E-state index contributed by atoms with van der Waals surface area (Å²) in [5.41, 5.74) is 8.90. The number of unbranched alkanes of at least 4 members (excludes halogenated alkanes) is 2. The molecule has 1 fully saturated rings. The number of amides is 3. The Morgan fingerprint density at radius 3 is 2.62 bits per heavy atom. The Bertz CT molecular complexity index is 972. The van der Waals surface area contributed by atoms with Crippen LogP contribution in [0.15, 0.2) is 18.2 Å². The van der Waals surface area contributed by atoms with E-state index in [0.717, 1.165) is 74.6 Å². The Morgan fingerprint density at radius 1 is 1.15 bits per heavy atom. The highest BCUT2D eigenvalue weighted by atomic mass is 32.1. The van der Waals surface area contributed by atoms with Gasteiger partial charge in [0.05, 0.1) is 0 Å². The molecule has 9 nitrogen and oxygen atoms in total. The maximum atomic E-state index is 12.3. The molecule has 1 aromatic heterocycles. The van der Waals surface area contributed by atoms with Gasteiger partial charge in [0.15, 0.2) is 0 Å². The molecule has 1 aliphatic heterocycles. The van der Waals surface area contributed by atoms with Crippen LogP contribution in [-0.2, 0) is 6.61 Å². The van der Waals surface area contributed by atoms with Crippen LogP contribution in [0.1, 0.15) is 46.3 Å². The fourth-order valence-corrected chi connectivity index (χ4v) is 4.62. The van der Waals surface area contributed by atoms with Gasteiger partial charge in [-0.1, -0.05) is 30.2 Å². The zero-order chi connectivity index (χ0) is 24.5. The van der Waals surface area contributed by atoms with Crippen LogP contribution < -0.4 is 21.1 Å². The van der Waals surface area contributed by atoms with Gasteiger partial charge in [0.2, 0.25) is 5.88 Å². The molecule has 3 amide bonds. The number of likely N-dealkylation sites (N-methyl/N-ethyl adjacent to an activating group) is 1. The summed E-state index contributed by atoms with van der Waals surface area (Å²) in [7, 11) is 2.16. The zero-order valence-electron chi connectivity index (χ0n) is 20.4. The quantitative estimate of drug-likeness (QED) is 0.419. The number of rotatable bonds is 11. The van der Waals surface area contributed by atoms with Crippen LogP contribution in [0.3, 0.4) is 0 Å². The molecule has 10 heteroatoms. The standard InChI is InChI=1S/C24H36N6O3S/c1-17-7-8-19(18(2)15-17)16-33-22-20(21(25)31)23(34-28-22)27-24(32)26-9-5-4-6-10-30-13-11-29(3)12-14-30/h7-8,15H,4-6,9-14,16H2,1-3H3,(H2,25,31)(H2,26,27,32).